The highest BCUT2D eigenvalue weighted by molar-refractivity contribution is 5.66. The van der Waals surface area contributed by atoms with Crippen LogP contribution in [0, 0.1) is 0 Å². The largest absolute Gasteiger partial charge is 0.550 e. The van der Waals surface area contributed by atoms with Crippen LogP contribution in [0.2, 0.25) is 0 Å². The number of aromatic nitrogens is 2. The molecule has 0 saturated heterocycles. The van der Waals surface area contributed by atoms with Gasteiger partial charge in [0.2, 0.25) is 11.8 Å². The summed E-state index contributed by atoms with van der Waals surface area (Å²) in [4.78, 5) is 10.3. The van der Waals surface area contributed by atoms with Crippen LogP contribution in [0.3, 0.4) is 0 Å². The van der Waals surface area contributed by atoms with Gasteiger partial charge in [0.1, 0.15) is 0 Å². The molecule has 76 valence electrons. The van der Waals surface area contributed by atoms with Crippen LogP contribution in [0.25, 0.3) is 11.5 Å². The Hall–Kier alpha value is -2.17. The number of carbonyl (C=O) groups excluding carboxylic acids is 1. The molecule has 1 aromatic carbocycles. The summed E-state index contributed by atoms with van der Waals surface area (Å²) in [6.07, 6.45) is -0.361. The number of nitrogens with zero attached hydrogens (tertiary/aromatic N) is 2. The van der Waals surface area contributed by atoms with E-state index < -0.39 is 5.97 Å². The van der Waals surface area contributed by atoms with Crippen LogP contribution < -0.4 is 5.11 Å². The Morgan fingerprint density at radius 2 is 2.00 bits per heavy atom. The summed E-state index contributed by atoms with van der Waals surface area (Å²) in [5.74, 6) is -0.876. The second kappa shape index (κ2) is 3.91. The first kappa shape index (κ1) is 9.39. The molecule has 5 heteroatoms. The van der Waals surface area contributed by atoms with Crippen molar-refractivity contribution in [3.63, 3.8) is 0 Å². The second-order valence-electron chi connectivity index (χ2n) is 2.92. The van der Waals surface area contributed by atoms with Gasteiger partial charge in [-0.1, -0.05) is 18.2 Å². The number of hydrogen-bond acceptors (Lipinski definition) is 5. The van der Waals surface area contributed by atoms with E-state index in [1.54, 1.807) is 12.1 Å². The first-order valence-electron chi connectivity index (χ1n) is 4.33. The van der Waals surface area contributed by atoms with E-state index in [4.69, 9.17) is 4.42 Å². The minimum absolute atomic E-state index is 0.0499. The molecule has 0 N–H and O–H groups in total. The van der Waals surface area contributed by atoms with Crippen molar-refractivity contribution in [2.24, 2.45) is 0 Å². The van der Waals surface area contributed by atoms with E-state index in [2.05, 4.69) is 10.2 Å². The minimum atomic E-state index is -1.24. The second-order valence-corrected chi connectivity index (χ2v) is 2.92. The zero-order valence-electron chi connectivity index (χ0n) is 7.71. The summed E-state index contributed by atoms with van der Waals surface area (Å²) in [6.45, 7) is 0. The van der Waals surface area contributed by atoms with Crippen molar-refractivity contribution in [3.05, 3.63) is 36.2 Å². The Morgan fingerprint density at radius 3 is 2.67 bits per heavy atom. The van der Waals surface area contributed by atoms with E-state index in [1.807, 2.05) is 18.2 Å². The zero-order valence-corrected chi connectivity index (χ0v) is 7.71. The van der Waals surface area contributed by atoms with Crippen LogP contribution in [-0.4, -0.2) is 16.2 Å². The molecule has 0 aliphatic rings. The van der Waals surface area contributed by atoms with Crippen LogP contribution in [0.4, 0.5) is 0 Å². The molecule has 0 unspecified atom stereocenters. The minimum Gasteiger partial charge on any atom is -0.550 e. The third-order valence-corrected chi connectivity index (χ3v) is 1.78. The molecule has 2 aromatic rings. The summed E-state index contributed by atoms with van der Waals surface area (Å²) >= 11 is 0. The van der Waals surface area contributed by atoms with Crippen molar-refractivity contribution in [2.75, 3.05) is 0 Å². The number of benzene rings is 1. The van der Waals surface area contributed by atoms with Gasteiger partial charge in [0.25, 0.3) is 0 Å². The molecule has 0 amide bonds. The zero-order chi connectivity index (χ0) is 10.7. The monoisotopic (exact) mass is 203 g/mol. The van der Waals surface area contributed by atoms with Crippen molar-refractivity contribution in [1.29, 1.82) is 0 Å². The first-order valence-corrected chi connectivity index (χ1v) is 4.33. The number of carboxylic acids is 1. The van der Waals surface area contributed by atoms with Crippen molar-refractivity contribution in [2.45, 2.75) is 6.42 Å². The van der Waals surface area contributed by atoms with Gasteiger partial charge in [-0.05, 0) is 12.1 Å². The molecule has 0 aliphatic heterocycles. The predicted octanol–water partition coefficient (Wildman–Crippen LogP) is 0.0290. The Balaban J connectivity index is 2.24. The Kier molecular flexibility index (Phi) is 2.45. The standard InChI is InChI=1S/C10H8N2O3/c13-9(14)6-8-11-12-10(15-8)7-4-2-1-3-5-7/h1-5H,6H2,(H,13,14)/p-1. The molecule has 1 aromatic heterocycles. The van der Waals surface area contributed by atoms with E-state index in [1.165, 1.54) is 0 Å². The van der Waals surface area contributed by atoms with Gasteiger partial charge in [0.15, 0.2) is 0 Å². The van der Waals surface area contributed by atoms with Gasteiger partial charge in [-0.2, -0.15) is 0 Å². The van der Waals surface area contributed by atoms with Gasteiger partial charge < -0.3 is 14.3 Å². The third kappa shape index (κ3) is 2.19. The SMILES string of the molecule is O=C([O-])Cc1nnc(-c2ccccc2)o1. The quantitative estimate of drug-likeness (QED) is 0.703. The van der Waals surface area contributed by atoms with Crippen molar-refractivity contribution >= 4 is 5.97 Å². The fraction of sp³-hybridized carbons (Fsp3) is 0.100. The fourth-order valence-electron chi connectivity index (χ4n) is 1.15. The fourth-order valence-corrected chi connectivity index (χ4v) is 1.15. The van der Waals surface area contributed by atoms with Crippen LogP contribution in [0.5, 0.6) is 0 Å². The van der Waals surface area contributed by atoms with Gasteiger partial charge in [0, 0.05) is 5.56 Å². The number of carboxylic acid groups (broad SMARTS) is 1. The van der Waals surface area contributed by atoms with Crippen LogP contribution >= 0.6 is 0 Å². The first-order chi connectivity index (χ1) is 7.25. The van der Waals surface area contributed by atoms with Gasteiger partial charge >= 0.3 is 0 Å². The molecule has 0 aliphatic carbocycles. The van der Waals surface area contributed by atoms with Gasteiger partial charge in [-0.3, -0.25) is 0 Å². The molecule has 15 heavy (non-hydrogen) atoms. The Labute approximate surface area is 85.4 Å². The lowest BCUT2D eigenvalue weighted by Crippen LogP contribution is -2.24. The number of rotatable bonds is 3. The molecule has 0 saturated carbocycles. The van der Waals surface area contributed by atoms with E-state index in [0.29, 0.717) is 5.89 Å². The van der Waals surface area contributed by atoms with E-state index in [-0.39, 0.29) is 12.3 Å². The lowest BCUT2D eigenvalue weighted by Gasteiger charge is -1.94. The molecule has 0 radical (unpaired) electrons. The molecular formula is C10H7N2O3-. The summed E-state index contributed by atoms with van der Waals surface area (Å²) < 4.78 is 5.14. The number of hydrogen-bond donors (Lipinski definition) is 0. The third-order valence-electron chi connectivity index (χ3n) is 1.78. The summed E-state index contributed by atoms with van der Waals surface area (Å²) in [7, 11) is 0. The van der Waals surface area contributed by atoms with Crippen LogP contribution in [0.15, 0.2) is 34.7 Å². The average Bonchev–Trinajstić information content (AvgIpc) is 2.67. The highest BCUT2D eigenvalue weighted by Crippen LogP contribution is 2.16. The van der Waals surface area contributed by atoms with Gasteiger partial charge in [0.05, 0.1) is 12.4 Å². The van der Waals surface area contributed by atoms with Crippen molar-refractivity contribution in [3.8, 4) is 11.5 Å². The van der Waals surface area contributed by atoms with Gasteiger partial charge in [-0.15, -0.1) is 10.2 Å². The van der Waals surface area contributed by atoms with E-state index in [9.17, 15) is 9.90 Å². The lowest BCUT2D eigenvalue weighted by molar-refractivity contribution is -0.305. The van der Waals surface area contributed by atoms with Gasteiger partial charge in [-0.25, -0.2) is 0 Å². The van der Waals surface area contributed by atoms with Crippen LogP contribution in [0.1, 0.15) is 5.89 Å². The maximum absolute atomic E-state index is 10.3. The maximum Gasteiger partial charge on any atom is 0.247 e. The highest BCUT2D eigenvalue weighted by atomic mass is 16.4. The summed E-state index contributed by atoms with van der Waals surface area (Å²) in [6, 6.07) is 9.13. The Bertz CT molecular complexity index is 465. The summed E-state index contributed by atoms with van der Waals surface area (Å²) in [5.41, 5.74) is 0.759. The predicted molar refractivity (Wildman–Crippen MR) is 48.4 cm³/mol. The molecular weight excluding hydrogens is 196 g/mol. The van der Waals surface area contributed by atoms with Crippen LogP contribution in [-0.2, 0) is 11.2 Å². The smallest absolute Gasteiger partial charge is 0.247 e. The lowest BCUT2D eigenvalue weighted by atomic mass is 10.2. The molecule has 2 rings (SSSR count). The molecule has 0 bridgehead atoms. The molecule has 0 atom stereocenters. The van der Waals surface area contributed by atoms with E-state index in [0.717, 1.165) is 5.56 Å². The number of carbonyl (C=O) groups is 1. The van der Waals surface area contributed by atoms with Crippen molar-refractivity contribution < 1.29 is 14.3 Å². The van der Waals surface area contributed by atoms with E-state index >= 15 is 0 Å². The maximum atomic E-state index is 10.3. The van der Waals surface area contributed by atoms with Crippen molar-refractivity contribution in [1.82, 2.24) is 10.2 Å². The number of aliphatic carboxylic acids is 1. The molecule has 1 heterocycles. The highest BCUT2D eigenvalue weighted by Gasteiger charge is 2.07. The molecule has 5 nitrogen and oxygen atoms in total. The Morgan fingerprint density at radius 1 is 1.27 bits per heavy atom. The molecule has 0 fully saturated rings. The normalized spacial score (nSPS) is 10.1. The topological polar surface area (TPSA) is 79.0 Å². The average molecular weight is 203 g/mol. The molecule has 0 spiro atoms. The summed E-state index contributed by atoms with van der Waals surface area (Å²) in [5, 5.41) is 17.6.